The molecule has 0 aromatic rings. The molecule has 0 heterocycles. The second-order valence-corrected chi connectivity index (χ2v) is 3.82. The molecule has 0 saturated heterocycles. The zero-order valence-electron chi connectivity index (χ0n) is 7.59. The maximum Gasteiger partial charge on any atom is -0.0316 e. The summed E-state index contributed by atoms with van der Waals surface area (Å²) in [6.07, 6.45) is 12.8. The van der Waals surface area contributed by atoms with Crippen LogP contribution in [0.3, 0.4) is 0 Å². The van der Waals surface area contributed by atoms with Crippen LogP contribution in [0.2, 0.25) is 0 Å². The Morgan fingerprint density at radius 2 is 1.73 bits per heavy atom. The Morgan fingerprint density at radius 3 is 2.18 bits per heavy atom. The van der Waals surface area contributed by atoms with Crippen LogP contribution in [0.15, 0.2) is 24.3 Å². The van der Waals surface area contributed by atoms with E-state index in [-0.39, 0.29) is 0 Å². The third-order valence-corrected chi connectivity index (χ3v) is 2.13. The fourth-order valence-corrected chi connectivity index (χ4v) is 1.65. The minimum absolute atomic E-state index is 0.847. The van der Waals surface area contributed by atoms with Crippen LogP contribution in [0.25, 0.3) is 0 Å². The van der Waals surface area contributed by atoms with Gasteiger partial charge in [-0.15, -0.1) is 0 Å². The molecule has 0 radical (unpaired) electrons. The zero-order valence-corrected chi connectivity index (χ0v) is 7.59. The molecule has 1 rings (SSSR count). The van der Waals surface area contributed by atoms with Gasteiger partial charge in [-0.2, -0.15) is 0 Å². The van der Waals surface area contributed by atoms with Gasteiger partial charge in [-0.05, 0) is 31.1 Å². The second-order valence-electron chi connectivity index (χ2n) is 3.82. The highest BCUT2D eigenvalue weighted by Crippen LogP contribution is 2.21. The van der Waals surface area contributed by atoms with Crippen molar-refractivity contribution >= 4 is 0 Å². The Labute approximate surface area is 70.0 Å². The topological polar surface area (TPSA) is 0 Å². The van der Waals surface area contributed by atoms with Crippen molar-refractivity contribution in [3.05, 3.63) is 24.3 Å². The Bertz CT molecular complexity index is 137. The number of rotatable bonds is 2. The Hall–Kier alpha value is -0.520. The fourth-order valence-electron chi connectivity index (χ4n) is 1.65. The lowest BCUT2D eigenvalue weighted by atomic mass is 9.92. The summed E-state index contributed by atoms with van der Waals surface area (Å²) in [4.78, 5) is 0. The summed E-state index contributed by atoms with van der Waals surface area (Å²) < 4.78 is 0. The summed E-state index contributed by atoms with van der Waals surface area (Å²) in [6.45, 7) is 4.61. The minimum atomic E-state index is 0.847. The second kappa shape index (κ2) is 4.38. The maximum absolute atomic E-state index is 2.30. The molecule has 0 heteroatoms. The van der Waals surface area contributed by atoms with Crippen LogP contribution in [-0.4, -0.2) is 0 Å². The Balaban J connectivity index is 2.34. The summed E-state index contributed by atoms with van der Waals surface area (Å²) in [5.41, 5.74) is 0. The highest BCUT2D eigenvalue weighted by atomic mass is 14.1. The van der Waals surface area contributed by atoms with Crippen molar-refractivity contribution in [1.29, 1.82) is 0 Å². The van der Waals surface area contributed by atoms with Crippen molar-refractivity contribution in [2.24, 2.45) is 11.8 Å². The van der Waals surface area contributed by atoms with Crippen molar-refractivity contribution in [3.63, 3.8) is 0 Å². The number of allylic oxidation sites excluding steroid dienone is 4. The van der Waals surface area contributed by atoms with E-state index in [1.165, 1.54) is 19.3 Å². The SMILES string of the molecule is CC(C)CC1CC=CC=CC1. The van der Waals surface area contributed by atoms with E-state index in [0.29, 0.717) is 0 Å². The quantitative estimate of drug-likeness (QED) is 0.564. The van der Waals surface area contributed by atoms with Gasteiger partial charge in [0.25, 0.3) is 0 Å². The smallest absolute Gasteiger partial charge is 0.0316 e. The van der Waals surface area contributed by atoms with Crippen LogP contribution in [0.4, 0.5) is 0 Å². The molecule has 1 aliphatic carbocycles. The third-order valence-electron chi connectivity index (χ3n) is 2.13. The molecule has 0 nitrogen and oxygen atoms in total. The van der Waals surface area contributed by atoms with Gasteiger partial charge in [-0.1, -0.05) is 38.2 Å². The van der Waals surface area contributed by atoms with Gasteiger partial charge in [0, 0.05) is 0 Å². The van der Waals surface area contributed by atoms with Crippen molar-refractivity contribution < 1.29 is 0 Å². The molecule has 0 aliphatic heterocycles. The van der Waals surface area contributed by atoms with Gasteiger partial charge in [0.1, 0.15) is 0 Å². The molecule has 0 unspecified atom stereocenters. The average Bonchev–Trinajstić information content (AvgIpc) is 2.14. The predicted octanol–water partition coefficient (Wildman–Crippen LogP) is 3.55. The van der Waals surface area contributed by atoms with Gasteiger partial charge in [-0.3, -0.25) is 0 Å². The summed E-state index contributed by atoms with van der Waals surface area (Å²) in [6, 6.07) is 0. The molecule has 0 saturated carbocycles. The van der Waals surface area contributed by atoms with Crippen molar-refractivity contribution in [2.75, 3.05) is 0 Å². The first-order valence-electron chi connectivity index (χ1n) is 4.60. The summed E-state index contributed by atoms with van der Waals surface area (Å²) in [7, 11) is 0. The van der Waals surface area contributed by atoms with E-state index in [2.05, 4.69) is 38.2 Å². The molecular weight excluding hydrogens is 132 g/mol. The van der Waals surface area contributed by atoms with E-state index in [4.69, 9.17) is 0 Å². The summed E-state index contributed by atoms with van der Waals surface area (Å²) in [5, 5.41) is 0. The molecule has 62 valence electrons. The van der Waals surface area contributed by atoms with E-state index < -0.39 is 0 Å². The normalized spacial score (nSPS) is 19.2. The first-order valence-corrected chi connectivity index (χ1v) is 4.60. The highest BCUT2D eigenvalue weighted by molar-refractivity contribution is 5.06. The number of hydrogen-bond acceptors (Lipinski definition) is 0. The van der Waals surface area contributed by atoms with Crippen molar-refractivity contribution in [3.8, 4) is 0 Å². The highest BCUT2D eigenvalue weighted by Gasteiger charge is 2.08. The van der Waals surface area contributed by atoms with Gasteiger partial charge in [-0.25, -0.2) is 0 Å². The van der Waals surface area contributed by atoms with Crippen LogP contribution < -0.4 is 0 Å². The molecule has 11 heavy (non-hydrogen) atoms. The summed E-state index contributed by atoms with van der Waals surface area (Å²) in [5.74, 6) is 1.74. The molecule has 0 aromatic carbocycles. The van der Waals surface area contributed by atoms with Gasteiger partial charge in [0.2, 0.25) is 0 Å². The first kappa shape index (κ1) is 8.58. The third kappa shape index (κ3) is 3.41. The van der Waals surface area contributed by atoms with Gasteiger partial charge in [0.15, 0.2) is 0 Å². The lowest BCUT2D eigenvalue weighted by Gasteiger charge is -2.14. The molecule has 0 amide bonds. The lowest BCUT2D eigenvalue weighted by Crippen LogP contribution is -2.01. The molecular formula is C11H18. The number of hydrogen-bond donors (Lipinski definition) is 0. The monoisotopic (exact) mass is 150 g/mol. The molecule has 0 fully saturated rings. The Kier molecular flexibility index (Phi) is 3.41. The van der Waals surface area contributed by atoms with Crippen LogP contribution >= 0.6 is 0 Å². The van der Waals surface area contributed by atoms with Gasteiger partial charge < -0.3 is 0 Å². The molecule has 1 aliphatic rings. The van der Waals surface area contributed by atoms with Gasteiger partial charge >= 0.3 is 0 Å². The first-order chi connectivity index (χ1) is 5.29. The molecule has 0 spiro atoms. The molecule has 0 bridgehead atoms. The van der Waals surface area contributed by atoms with E-state index in [1.807, 2.05) is 0 Å². The molecule has 0 N–H and O–H groups in total. The maximum atomic E-state index is 2.30. The van der Waals surface area contributed by atoms with E-state index in [0.717, 1.165) is 11.8 Å². The van der Waals surface area contributed by atoms with Gasteiger partial charge in [0.05, 0.1) is 0 Å². The Morgan fingerprint density at radius 1 is 1.18 bits per heavy atom. The fraction of sp³-hybridized carbons (Fsp3) is 0.636. The van der Waals surface area contributed by atoms with Crippen molar-refractivity contribution in [1.82, 2.24) is 0 Å². The van der Waals surface area contributed by atoms with Crippen LogP contribution in [-0.2, 0) is 0 Å². The zero-order chi connectivity index (χ0) is 8.10. The standard InChI is InChI=1S/C11H18/c1-10(2)9-11-7-5-3-4-6-8-11/h3-6,10-11H,7-9H2,1-2H3. The largest absolute Gasteiger partial charge is 0.0843 e. The molecule has 0 atom stereocenters. The predicted molar refractivity (Wildman–Crippen MR) is 50.5 cm³/mol. The lowest BCUT2D eigenvalue weighted by molar-refractivity contribution is 0.417. The van der Waals surface area contributed by atoms with Crippen LogP contribution in [0, 0.1) is 11.8 Å². The van der Waals surface area contributed by atoms with Crippen molar-refractivity contribution in [2.45, 2.75) is 33.1 Å². The van der Waals surface area contributed by atoms with E-state index >= 15 is 0 Å². The van der Waals surface area contributed by atoms with E-state index in [1.54, 1.807) is 0 Å². The molecule has 0 aromatic heterocycles. The summed E-state index contributed by atoms with van der Waals surface area (Å²) >= 11 is 0. The minimum Gasteiger partial charge on any atom is -0.0843 e. The van der Waals surface area contributed by atoms with Crippen LogP contribution in [0.1, 0.15) is 33.1 Å². The average molecular weight is 150 g/mol. The van der Waals surface area contributed by atoms with Crippen LogP contribution in [0.5, 0.6) is 0 Å². The van der Waals surface area contributed by atoms with E-state index in [9.17, 15) is 0 Å².